The number of nitrogens with one attached hydrogen (secondary N) is 1. The lowest BCUT2D eigenvalue weighted by atomic mass is 9.94. The van der Waals surface area contributed by atoms with Crippen molar-refractivity contribution in [1.82, 2.24) is 5.32 Å². The third-order valence-electron chi connectivity index (χ3n) is 11.0. The molecule has 0 radical (unpaired) electrons. The number of hydrogen-bond acceptors (Lipinski definition) is 25. The summed E-state index contributed by atoms with van der Waals surface area (Å²) >= 11 is 0. The Labute approximate surface area is 335 Å². The molecule has 0 aromatic heterocycles. The van der Waals surface area contributed by atoms with Gasteiger partial charge in [0.25, 0.3) is 0 Å². The molecular weight excluding hydrogens is 810 g/mol. The topological polar surface area (TPSA) is 416 Å². The van der Waals surface area contributed by atoms with Crippen molar-refractivity contribution in [2.24, 2.45) is 0 Å². The molecule has 10 unspecified atom stereocenters. The fraction of sp³-hybridized carbons (Fsp3) is 0.970. The monoisotopic (exact) mass is 867 g/mol. The van der Waals surface area contributed by atoms with Crippen LogP contribution >= 0.6 is 0 Å². The van der Waals surface area contributed by atoms with E-state index >= 15 is 0 Å². The zero-order valence-corrected chi connectivity index (χ0v) is 31.8. The summed E-state index contributed by atoms with van der Waals surface area (Å²) in [4.78, 5) is 12.4. The minimum absolute atomic E-state index is 0.692. The van der Waals surface area contributed by atoms with Crippen LogP contribution in [0.15, 0.2) is 0 Å². The first-order valence-corrected chi connectivity index (χ1v) is 18.9. The van der Waals surface area contributed by atoms with Crippen LogP contribution in [0.5, 0.6) is 0 Å². The predicted octanol–water partition coefficient (Wildman–Crippen LogP) is -10.7. The van der Waals surface area contributed by atoms with Crippen molar-refractivity contribution >= 4 is 5.91 Å². The molecule has 16 N–H and O–H groups in total. The number of amides is 1. The van der Waals surface area contributed by atoms with Gasteiger partial charge in [0, 0.05) is 6.92 Å². The summed E-state index contributed by atoms with van der Waals surface area (Å²) in [6, 6.07) is -1.66. The molecule has 5 fully saturated rings. The van der Waals surface area contributed by atoms with Crippen LogP contribution < -0.4 is 5.32 Å². The molecule has 0 aromatic carbocycles. The molecule has 25 atom stereocenters. The predicted molar refractivity (Wildman–Crippen MR) is 182 cm³/mol. The lowest BCUT2D eigenvalue weighted by molar-refractivity contribution is -0.386. The van der Waals surface area contributed by atoms with E-state index in [0.717, 1.165) is 6.92 Å². The first-order valence-electron chi connectivity index (χ1n) is 18.9. The molecule has 0 spiro atoms. The number of carbonyl (C=O) groups excluding carboxylic acids is 1. The first-order chi connectivity index (χ1) is 27.9. The fourth-order valence-electron chi connectivity index (χ4n) is 7.63. The molecule has 344 valence electrons. The van der Waals surface area contributed by atoms with Crippen LogP contribution in [0.25, 0.3) is 0 Å². The molecule has 1 amide bonds. The summed E-state index contributed by atoms with van der Waals surface area (Å²) in [5.74, 6) is -0.794. The van der Waals surface area contributed by atoms with Crippen molar-refractivity contribution in [3.8, 4) is 0 Å². The van der Waals surface area contributed by atoms with E-state index in [0.29, 0.717) is 0 Å². The Morgan fingerprint density at radius 1 is 0.424 bits per heavy atom. The van der Waals surface area contributed by atoms with Crippen LogP contribution in [-0.2, 0) is 47.4 Å². The van der Waals surface area contributed by atoms with Crippen LogP contribution in [-0.4, -0.2) is 269 Å². The lowest BCUT2D eigenvalue weighted by Crippen LogP contribution is -2.70. The molecule has 0 aromatic rings. The van der Waals surface area contributed by atoms with Crippen molar-refractivity contribution in [2.45, 2.75) is 167 Å². The van der Waals surface area contributed by atoms with E-state index in [1.165, 1.54) is 6.92 Å². The Morgan fingerprint density at radius 3 is 1.31 bits per heavy atom. The molecule has 5 aliphatic heterocycles. The Bertz CT molecular complexity index is 1320. The number of carbonyl (C=O) groups is 1. The van der Waals surface area contributed by atoms with E-state index in [1.54, 1.807) is 0 Å². The van der Waals surface area contributed by atoms with Crippen molar-refractivity contribution in [3.63, 3.8) is 0 Å². The normalized spacial score (nSPS) is 51.0. The van der Waals surface area contributed by atoms with Gasteiger partial charge in [-0.05, 0) is 6.92 Å². The van der Waals surface area contributed by atoms with Gasteiger partial charge in [-0.1, -0.05) is 0 Å². The van der Waals surface area contributed by atoms with Gasteiger partial charge in [-0.2, -0.15) is 0 Å². The van der Waals surface area contributed by atoms with Gasteiger partial charge in [0.15, 0.2) is 25.2 Å². The number of aliphatic hydroxyl groups excluding tert-OH is 15. The van der Waals surface area contributed by atoms with Crippen LogP contribution in [0.2, 0.25) is 0 Å². The van der Waals surface area contributed by atoms with Gasteiger partial charge in [0.1, 0.15) is 122 Å². The first kappa shape index (κ1) is 48.5. The van der Waals surface area contributed by atoms with Gasteiger partial charge in [-0.3, -0.25) is 4.79 Å². The zero-order valence-electron chi connectivity index (χ0n) is 31.8. The second kappa shape index (κ2) is 20.8. The zero-order chi connectivity index (χ0) is 43.6. The van der Waals surface area contributed by atoms with Gasteiger partial charge in [-0.25, -0.2) is 0 Å². The van der Waals surface area contributed by atoms with Gasteiger partial charge < -0.3 is 125 Å². The maximum atomic E-state index is 12.4. The van der Waals surface area contributed by atoms with Crippen LogP contribution in [0.4, 0.5) is 0 Å². The third-order valence-corrected chi connectivity index (χ3v) is 11.0. The van der Waals surface area contributed by atoms with Crippen LogP contribution in [0.3, 0.4) is 0 Å². The SMILES string of the molecule is CC(=O)NC1[C@H](O[C@@H]2C(O)[C@@H](O[C@H]3C(CO)O[C@@H](O[C@@H]4C(CO)O[C@@H](C)C(O)[C@H]4O)C(O)[C@H]3O)OC(CO)[C@@H]2O)OC(CO)[C@H](O)[C@@H]1O[C@@H]1OC(CO)[C@H](O)[C@H](O)C1O. The molecule has 5 rings (SSSR count). The number of hydrogen-bond donors (Lipinski definition) is 16. The third kappa shape index (κ3) is 10.2. The molecule has 5 heterocycles. The van der Waals surface area contributed by atoms with E-state index < -0.39 is 192 Å². The Balaban J connectivity index is 1.35. The summed E-state index contributed by atoms with van der Waals surface area (Å²) in [5, 5.41) is 160. The highest BCUT2D eigenvalue weighted by Gasteiger charge is 2.57. The van der Waals surface area contributed by atoms with Gasteiger partial charge in [0.2, 0.25) is 5.91 Å². The summed E-state index contributed by atoms with van der Waals surface area (Å²) in [5.41, 5.74) is 0. The average molecular weight is 868 g/mol. The molecule has 26 nitrogen and oxygen atoms in total. The van der Waals surface area contributed by atoms with Gasteiger partial charge >= 0.3 is 0 Å². The van der Waals surface area contributed by atoms with E-state index in [1.807, 2.05) is 0 Å². The number of ether oxygens (including phenoxy) is 9. The Hall–Kier alpha value is -1.49. The van der Waals surface area contributed by atoms with Gasteiger partial charge in [-0.15, -0.1) is 0 Å². The quantitative estimate of drug-likeness (QED) is 0.0770. The number of rotatable bonds is 14. The van der Waals surface area contributed by atoms with E-state index in [9.17, 15) is 81.4 Å². The second-order valence-electron chi connectivity index (χ2n) is 15.0. The molecule has 0 aliphatic carbocycles. The highest BCUT2D eigenvalue weighted by Crippen LogP contribution is 2.36. The van der Waals surface area contributed by atoms with E-state index in [4.69, 9.17) is 42.6 Å². The van der Waals surface area contributed by atoms with E-state index in [2.05, 4.69) is 5.32 Å². The summed E-state index contributed by atoms with van der Waals surface area (Å²) in [6.45, 7) is -1.90. The van der Waals surface area contributed by atoms with Crippen LogP contribution in [0, 0.1) is 0 Å². The maximum Gasteiger partial charge on any atom is 0.217 e. The molecule has 0 saturated carbocycles. The van der Waals surface area contributed by atoms with Crippen molar-refractivity contribution in [3.05, 3.63) is 0 Å². The minimum atomic E-state index is -2.13. The smallest absolute Gasteiger partial charge is 0.217 e. The number of aliphatic hydroxyl groups is 15. The largest absolute Gasteiger partial charge is 0.394 e. The molecule has 0 bridgehead atoms. The maximum absolute atomic E-state index is 12.4. The van der Waals surface area contributed by atoms with Crippen LogP contribution in [0.1, 0.15) is 13.8 Å². The standard InChI is InChI=1S/C33H57NO25/c1-8-16(41)21(46)26(13(6-38)51-8)56-32-24(49)22(47)27(14(7-39)55-32)57-33-25(50)29(19(44)12(5-37)54-33)59-30-15(34-9(2)40)28(18(43)11(4-36)52-30)58-31-23(48)20(45)17(42)10(3-35)53-31/h8,10-33,35-39,41-50H,3-7H2,1-2H3,(H,34,40)/t8-,10?,11?,12?,13?,14?,15?,16?,17-,18-,19-,20-,21+,22+,23?,24?,25?,26+,27-,28+,29-,30-,31-,32-,33+/m0/s1. The van der Waals surface area contributed by atoms with Crippen molar-refractivity contribution in [2.75, 3.05) is 33.0 Å². The summed E-state index contributed by atoms with van der Waals surface area (Å²) in [6.07, 6.45) is -41.8. The average Bonchev–Trinajstić information content (AvgIpc) is 3.21. The Kier molecular flexibility index (Phi) is 17.1. The molecule has 5 saturated heterocycles. The summed E-state index contributed by atoms with van der Waals surface area (Å²) < 4.78 is 50.9. The van der Waals surface area contributed by atoms with Crippen molar-refractivity contribution < 1.29 is 124 Å². The molecule has 59 heavy (non-hydrogen) atoms. The molecule has 5 aliphatic rings. The second-order valence-corrected chi connectivity index (χ2v) is 15.0. The Morgan fingerprint density at radius 2 is 0.797 bits per heavy atom. The minimum Gasteiger partial charge on any atom is -0.394 e. The van der Waals surface area contributed by atoms with Gasteiger partial charge in [0.05, 0.1) is 39.1 Å². The lowest BCUT2D eigenvalue weighted by Gasteiger charge is -2.50. The fourth-order valence-corrected chi connectivity index (χ4v) is 7.63. The van der Waals surface area contributed by atoms with Crippen molar-refractivity contribution in [1.29, 1.82) is 0 Å². The highest BCUT2D eigenvalue weighted by molar-refractivity contribution is 5.73. The molecular formula is C33H57NO25. The molecule has 26 heteroatoms. The van der Waals surface area contributed by atoms with E-state index in [-0.39, 0.29) is 0 Å². The highest BCUT2D eigenvalue weighted by atomic mass is 16.8. The summed E-state index contributed by atoms with van der Waals surface area (Å²) in [7, 11) is 0.